The molecule has 1 N–H and O–H groups in total. The normalized spacial score (nSPS) is 10.5. The van der Waals surface area contributed by atoms with Crippen molar-refractivity contribution in [3.05, 3.63) is 62.6 Å². The Morgan fingerprint density at radius 3 is 2.33 bits per heavy atom. The summed E-state index contributed by atoms with van der Waals surface area (Å²) in [6.07, 6.45) is 3.93. The van der Waals surface area contributed by atoms with Crippen LogP contribution in [0.4, 0.5) is 17.1 Å². The highest BCUT2D eigenvalue weighted by Gasteiger charge is 2.28. The Bertz CT molecular complexity index is 777. The lowest BCUT2D eigenvalue weighted by atomic mass is 10.2. The van der Waals surface area contributed by atoms with E-state index in [0.717, 1.165) is 25.3 Å². The van der Waals surface area contributed by atoms with E-state index in [9.17, 15) is 25.0 Å². The number of ether oxygens (including phenoxy) is 1. The zero-order valence-corrected chi connectivity index (χ0v) is 12.3. The van der Waals surface area contributed by atoms with Crippen LogP contribution in [0.25, 0.3) is 6.08 Å². The van der Waals surface area contributed by atoms with Gasteiger partial charge in [0.1, 0.15) is 5.76 Å². The fourth-order valence-electron chi connectivity index (χ4n) is 1.88. The third-order valence-electron chi connectivity index (χ3n) is 2.86. The van der Waals surface area contributed by atoms with Gasteiger partial charge in [-0.2, -0.15) is 0 Å². The number of nitro groups is 2. The van der Waals surface area contributed by atoms with Crippen LogP contribution < -0.4 is 10.1 Å². The van der Waals surface area contributed by atoms with Crippen LogP contribution in [0.1, 0.15) is 5.76 Å². The van der Waals surface area contributed by atoms with Gasteiger partial charge < -0.3 is 14.5 Å². The quantitative estimate of drug-likeness (QED) is 0.487. The first-order chi connectivity index (χ1) is 11.4. The van der Waals surface area contributed by atoms with Gasteiger partial charge in [-0.25, -0.2) is 0 Å². The summed E-state index contributed by atoms with van der Waals surface area (Å²) in [4.78, 5) is 32.2. The molecule has 1 aromatic heterocycles. The number of hydrogen-bond donors (Lipinski definition) is 1. The smallest absolute Gasteiger partial charge is 0.320 e. The number of methoxy groups -OCH3 is 1. The van der Waals surface area contributed by atoms with Crippen LogP contribution >= 0.6 is 0 Å². The lowest BCUT2D eigenvalue weighted by Gasteiger charge is -2.06. The van der Waals surface area contributed by atoms with Crippen LogP contribution in [0.3, 0.4) is 0 Å². The number of amides is 1. The summed E-state index contributed by atoms with van der Waals surface area (Å²) in [5, 5.41) is 24.4. The number of carbonyl (C=O) groups excluding carboxylic acids is 1. The first-order valence-electron chi connectivity index (χ1n) is 6.45. The van der Waals surface area contributed by atoms with Gasteiger partial charge in [0.15, 0.2) is 0 Å². The zero-order chi connectivity index (χ0) is 17.7. The van der Waals surface area contributed by atoms with Crippen molar-refractivity contribution >= 4 is 29.0 Å². The molecular formula is C14H11N3O7. The fraction of sp³-hybridized carbons (Fsp3) is 0.0714. The van der Waals surface area contributed by atoms with Crippen LogP contribution in [0.2, 0.25) is 0 Å². The second kappa shape index (κ2) is 7.05. The second-order valence-electron chi connectivity index (χ2n) is 4.40. The van der Waals surface area contributed by atoms with Gasteiger partial charge in [0.2, 0.25) is 5.91 Å². The molecule has 0 unspecified atom stereocenters. The fourth-order valence-corrected chi connectivity index (χ4v) is 1.88. The molecule has 10 heteroatoms. The van der Waals surface area contributed by atoms with Gasteiger partial charge in [0.25, 0.3) is 5.75 Å². The molecule has 1 aromatic carbocycles. The average Bonchev–Trinajstić information content (AvgIpc) is 3.05. The molecule has 124 valence electrons. The monoisotopic (exact) mass is 333 g/mol. The van der Waals surface area contributed by atoms with E-state index < -0.39 is 32.9 Å². The number of anilines is 1. The molecule has 0 aliphatic heterocycles. The van der Waals surface area contributed by atoms with E-state index in [0.29, 0.717) is 5.76 Å². The molecule has 0 spiro atoms. The van der Waals surface area contributed by atoms with Crippen molar-refractivity contribution < 1.29 is 23.8 Å². The van der Waals surface area contributed by atoms with E-state index in [4.69, 9.17) is 9.15 Å². The van der Waals surface area contributed by atoms with E-state index in [2.05, 4.69) is 5.32 Å². The number of rotatable bonds is 6. The van der Waals surface area contributed by atoms with Gasteiger partial charge in [-0.05, 0) is 18.2 Å². The Kier molecular flexibility index (Phi) is 4.90. The molecule has 0 aliphatic carbocycles. The molecule has 2 aromatic rings. The summed E-state index contributed by atoms with van der Waals surface area (Å²) in [5.74, 6) is -0.703. The first kappa shape index (κ1) is 16.7. The Morgan fingerprint density at radius 1 is 1.25 bits per heavy atom. The van der Waals surface area contributed by atoms with Crippen molar-refractivity contribution in [3.8, 4) is 5.75 Å². The van der Waals surface area contributed by atoms with Crippen molar-refractivity contribution in [1.29, 1.82) is 0 Å². The molecule has 0 radical (unpaired) electrons. The van der Waals surface area contributed by atoms with Crippen LogP contribution in [-0.4, -0.2) is 22.9 Å². The summed E-state index contributed by atoms with van der Waals surface area (Å²) in [6, 6.07) is 5.20. The maximum atomic E-state index is 11.8. The summed E-state index contributed by atoms with van der Waals surface area (Å²) < 4.78 is 9.74. The highest BCUT2D eigenvalue weighted by atomic mass is 16.6. The van der Waals surface area contributed by atoms with Crippen LogP contribution in [0, 0.1) is 20.2 Å². The number of hydrogen-bond acceptors (Lipinski definition) is 7. The van der Waals surface area contributed by atoms with Gasteiger partial charge in [0, 0.05) is 18.2 Å². The maximum Gasteiger partial charge on any atom is 0.320 e. The largest absolute Gasteiger partial charge is 0.485 e. The van der Waals surface area contributed by atoms with Gasteiger partial charge in [0.05, 0.1) is 28.9 Å². The molecule has 0 bridgehead atoms. The molecule has 0 fully saturated rings. The van der Waals surface area contributed by atoms with E-state index in [1.54, 1.807) is 12.1 Å². The van der Waals surface area contributed by atoms with Crippen molar-refractivity contribution in [1.82, 2.24) is 0 Å². The third-order valence-corrected chi connectivity index (χ3v) is 2.86. The van der Waals surface area contributed by atoms with Crippen molar-refractivity contribution in [2.45, 2.75) is 0 Å². The minimum atomic E-state index is -0.833. The highest BCUT2D eigenvalue weighted by Crippen LogP contribution is 2.39. The minimum absolute atomic E-state index is 0.108. The predicted octanol–water partition coefficient (Wildman–Crippen LogP) is 2.76. The van der Waals surface area contributed by atoms with Gasteiger partial charge in [-0.1, -0.05) is 0 Å². The Hall–Kier alpha value is -3.69. The van der Waals surface area contributed by atoms with Gasteiger partial charge in [-0.3, -0.25) is 25.0 Å². The SMILES string of the molecule is COc1c([N+](=O)[O-])cc(NC(=O)/C=C/c2ccco2)cc1[N+](=O)[O-]. The van der Waals surface area contributed by atoms with Gasteiger partial charge in [-0.15, -0.1) is 0 Å². The predicted molar refractivity (Wildman–Crippen MR) is 82.7 cm³/mol. The van der Waals surface area contributed by atoms with Crippen LogP contribution in [-0.2, 0) is 4.79 Å². The van der Waals surface area contributed by atoms with Crippen LogP contribution in [0.5, 0.6) is 5.75 Å². The average molecular weight is 333 g/mol. The molecular weight excluding hydrogens is 322 g/mol. The second-order valence-corrected chi connectivity index (χ2v) is 4.40. The molecule has 0 saturated heterocycles. The zero-order valence-electron chi connectivity index (χ0n) is 12.3. The Labute approximate surface area is 134 Å². The van der Waals surface area contributed by atoms with Gasteiger partial charge >= 0.3 is 11.4 Å². The number of benzene rings is 1. The van der Waals surface area contributed by atoms with E-state index in [1.165, 1.54) is 12.3 Å². The summed E-state index contributed by atoms with van der Waals surface area (Å²) in [5.41, 5.74) is -1.36. The molecule has 2 rings (SSSR count). The number of nitro benzene ring substituents is 2. The van der Waals surface area contributed by atoms with E-state index in [-0.39, 0.29) is 5.69 Å². The van der Waals surface area contributed by atoms with Crippen molar-refractivity contribution in [2.75, 3.05) is 12.4 Å². The molecule has 1 heterocycles. The van der Waals surface area contributed by atoms with Crippen molar-refractivity contribution in [3.63, 3.8) is 0 Å². The lowest BCUT2D eigenvalue weighted by molar-refractivity contribution is -0.395. The summed E-state index contributed by atoms with van der Waals surface area (Å²) >= 11 is 0. The number of carbonyl (C=O) groups is 1. The first-order valence-corrected chi connectivity index (χ1v) is 6.45. The van der Waals surface area contributed by atoms with Crippen molar-refractivity contribution in [2.24, 2.45) is 0 Å². The summed E-state index contributed by atoms with van der Waals surface area (Å²) in [6.45, 7) is 0. The number of nitrogens with one attached hydrogen (secondary N) is 1. The molecule has 0 aliphatic rings. The summed E-state index contributed by atoms with van der Waals surface area (Å²) in [7, 11) is 1.08. The molecule has 24 heavy (non-hydrogen) atoms. The minimum Gasteiger partial charge on any atom is -0.485 e. The standard InChI is InChI=1S/C14H11N3O7/c1-23-14-11(16(19)20)7-9(8-12(14)17(21)22)15-13(18)5-4-10-3-2-6-24-10/h2-8H,1H3,(H,15,18)/b5-4+. The van der Waals surface area contributed by atoms with Crippen LogP contribution in [0.15, 0.2) is 41.0 Å². The van der Waals surface area contributed by atoms with E-state index in [1.807, 2.05) is 0 Å². The molecule has 0 saturated carbocycles. The molecule has 10 nitrogen and oxygen atoms in total. The molecule has 1 amide bonds. The Balaban J connectivity index is 2.31. The van der Waals surface area contributed by atoms with E-state index >= 15 is 0 Å². The lowest BCUT2D eigenvalue weighted by Crippen LogP contribution is -2.09. The molecule has 0 atom stereocenters. The maximum absolute atomic E-state index is 11.8. The number of furan rings is 1. The highest BCUT2D eigenvalue weighted by molar-refractivity contribution is 6.02. The number of nitrogens with zero attached hydrogens (tertiary/aromatic N) is 2. The third kappa shape index (κ3) is 3.74. The topological polar surface area (TPSA) is 138 Å². The Morgan fingerprint density at radius 2 is 1.88 bits per heavy atom.